The minimum absolute atomic E-state index is 0.00153. The molecule has 0 amide bonds. The molecule has 0 radical (unpaired) electrons. The van der Waals surface area contributed by atoms with Crippen LogP contribution in [-0.4, -0.2) is 23.5 Å². The number of carbonyl (C=O) groups is 3. The summed E-state index contributed by atoms with van der Waals surface area (Å²) in [5.41, 5.74) is -1.31. The van der Waals surface area contributed by atoms with Crippen LogP contribution in [0, 0.1) is 0 Å². The summed E-state index contributed by atoms with van der Waals surface area (Å²) in [4.78, 5) is 49.9. The van der Waals surface area contributed by atoms with Crippen LogP contribution in [0.5, 0.6) is 23.0 Å². The summed E-state index contributed by atoms with van der Waals surface area (Å²) in [6.07, 6.45) is 5.22. The van der Waals surface area contributed by atoms with Crippen LogP contribution in [0.15, 0.2) is 40.1 Å². The fourth-order valence-corrected chi connectivity index (χ4v) is 4.32. The molecule has 1 aliphatic rings. The Balaban J connectivity index is 2.31. The number of rotatable bonds is 5. The molecule has 0 fully saturated rings. The number of carbonyl (C=O) groups excluding carboxylic acids is 3. The lowest BCUT2D eigenvalue weighted by Gasteiger charge is -2.34. The topological polar surface area (TPSA) is 118 Å². The molecule has 0 saturated carbocycles. The van der Waals surface area contributed by atoms with Crippen molar-refractivity contribution in [1.82, 2.24) is 0 Å². The SMILES string of the molecule is C=CC(C)(C)c1c2c(c(OC(C)=O)c3c(=O)c4ccc(OC(C)=O)c(OC(C)=O)c4oc13)C=CC(C)(C)O2. The van der Waals surface area contributed by atoms with E-state index in [0.29, 0.717) is 16.9 Å². The van der Waals surface area contributed by atoms with Crippen LogP contribution in [0.1, 0.15) is 59.6 Å². The number of allylic oxidation sites excluding steroid dienone is 1. The Bertz CT molecular complexity index is 1630. The van der Waals surface area contributed by atoms with Gasteiger partial charge < -0.3 is 23.4 Å². The van der Waals surface area contributed by atoms with Crippen LogP contribution in [0.2, 0.25) is 0 Å². The van der Waals surface area contributed by atoms with Gasteiger partial charge in [0.15, 0.2) is 17.1 Å². The van der Waals surface area contributed by atoms with Crippen molar-refractivity contribution in [3.63, 3.8) is 0 Å². The van der Waals surface area contributed by atoms with Crippen molar-refractivity contribution in [2.75, 3.05) is 0 Å². The van der Waals surface area contributed by atoms with Crippen molar-refractivity contribution in [2.24, 2.45) is 0 Å². The Kier molecular flexibility index (Phi) is 6.43. The highest BCUT2D eigenvalue weighted by Crippen LogP contribution is 2.50. The van der Waals surface area contributed by atoms with Crippen LogP contribution in [-0.2, 0) is 19.8 Å². The molecule has 2 aromatic carbocycles. The second kappa shape index (κ2) is 9.16. The molecule has 0 spiro atoms. The fraction of sp³-hybridized carbons (Fsp3) is 0.310. The maximum atomic E-state index is 14.1. The molecular weight excluding hydrogens is 492 g/mol. The van der Waals surface area contributed by atoms with E-state index in [2.05, 4.69) is 6.58 Å². The summed E-state index contributed by atoms with van der Waals surface area (Å²) < 4.78 is 28.9. The second-order valence-electron chi connectivity index (χ2n) is 10.1. The number of hydrogen-bond acceptors (Lipinski definition) is 9. The van der Waals surface area contributed by atoms with Crippen molar-refractivity contribution < 1.29 is 37.7 Å². The normalized spacial score (nSPS) is 14.0. The molecule has 0 unspecified atom stereocenters. The van der Waals surface area contributed by atoms with Crippen LogP contribution in [0.25, 0.3) is 28.0 Å². The summed E-state index contributed by atoms with van der Waals surface area (Å²) >= 11 is 0. The first-order chi connectivity index (χ1) is 17.7. The first kappa shape index (κ1) is 26.7. The van der Waals surface area contributed by atoms with Crippen LogP contribution >= 0.6 is 0 Å². The van der Waals surface area contributed by atoms with Crippen molar-refractivity contribution in [1.29, 1.82) is 0 Å². The van der Waals surface area contributed by atoms with Crippen LogP contribution in [0.3, 0.4) is 0 Å². The summed E-state index contributed by atoms with van der Waals surface area (Å²) in [7, 11) is 0. The van der Waals surface area contributed by atoms with E-state index in [1.54, 1.807) is 18.2 Å². The zero-order chi connectivity index (χ0) is 28.2. The molecule has 0 bridgehead atoms. The van der Waals surface area contributed by atoms with Gasteiger partial charge in [-0.05, 0) is 38.1 Å². The monoisotopic (exact) mass is 520 g/mol. The lowest BCUT2D eigenvalue weighted by Crippen LogP contribution is -2.30. The number of esters is 3. The summed E-state index contributed by atoms with van der Waals surface area (Å²) in [5.74, 6) is -2.05. The van der Waals surface area contributed by atoms with Crippen molar-refractivity contribution in [3.8, 4) is 23.0 Å². The molecule has 4 rings (SSSR count). The van der Waals surface area contributed by atoms with Gasteiger partial charge in [-0.1, -0.05) is 19.9 Å². The zero-order valence-corrected chi connectivity index (χ0v) is 22.3. The number of benzene rings is 2. The maximum absolute atomic E-state index is 14.1. The van der Waals surface area contributed by atoms with E-state index in [1.165, 1.54) is 32.9 Å². The molecule has 1 aliphatic heterocycles. The van der Waals surface area contributed by atoms with Gasteiger partial charge in [0.1, 0.15) is 22.3 Å². The minimum atomic E-state index is -0.808. The van der Waals surface area contributed by atoms with Gasteiger partial charge >= 0.3 is 17.9 Å². The molecule has 198 valence electrons. The largest absolute Gasteiger partial charge is 0.483 e. The zero-order valence-electron chi connectivity index (χ0n) is 22.3. The predicted molar refractivity (Wildman–Crippen MR) is 141 cm³/mol. The Morgan fingerprint density at radius 1 is 0.947 bits per heavy atom. The average Bonchev–Trinajstić information content (AvgIpc) is 2.78. The third-order valence-electron chi connectivity index (χ3n) is 6.07. The molecule has 1 aromatic heterocycles. The Morgan fingerprint density at radius 3 is 2.13 bits per heavy atom. The predicted octanol–water partition coefficient (Wildman–Crippen LogP) is 5.37. The molecule has 38 heavy (non-hydrogen) atoms. The third-order valence-corrected chi connectivity index (χ3v) is 6.07. The highest BCUT2D eigenvalue weighted by molar-refractivity contribution is 6.03. The van der Waals surface area contributed by atoms with E-state index < -0.39 is 34.4 Å². The first-order valence-electron chi connectivity index (χ1n) is 11.9. The van der Waals surface area contributed by atoms with E-state index in [1.807, 2.05) is 27.7 Å². The molecular formula is C29H28O9. The van der Waals surface area contributed by atoms with Gasteiger partial charge in [0, 0.05) is 31.7 Å². The van der Waals surface area contributed by atoms with E-state index in [0.717, 1.165) is 0 Å². The van der Waals surface area contributed by atoms with Gasteiger partial charge in [-0.15, -0.1) is 6.58 Å². The van der Waals surface area contributed by atoms with E-state index in [4.69, 9.17) is 23.4 Å². The van der Waals surface area contributed by atoms with Crippen molar-refractivity contribution in [3.05, 3.63) is 52.2 Å². The van der Waals surface area contributed by atoms with E-state index >= 15 is 0 Å². The quantitative estimate of drug-likeness (QED) is 0.189. The standard InChI is InChI=1S/C29H28O9/c1-9-28(5,6)21-24-18(12-13-29(7,8)38-24)23(35-15(3)31)20-22(33)17-10-11-19(34-14(2)30)26(36-16(4)32)25(17)37-27(20)21/h9-13H,1H2,2-8H3. The van der Waals surface area contributed by atoms with Crippen molar-refractivity contribution in [2.45, 2.75) is 59.5 Å². The lowest BCUT2D eigenvalue weighted by atomic mass is 9.80. The molecule has 0 aliphatic carbocycles. The summed E-state index contributed by atoms with van der Waals surface area (Å²) in [6, 6.07) is 2.71. The van der Waals surface area contributed by atoms with Gasteiger partial charge in [-0.2, -0.15) is 0 Å². The molecule has 9 heteroatoms. The number of fused-ring (bicyclic) bond motifs is 3. The third kappa shape index (κ3) is 4.55. The molecule has 0 saturated heterocycles. The van der Waals surface area contributed by atoms with E-state index in [9.17, 15) is 19.2 Å². The summed E-state index contributed by atoms with van der Waals surface area (Å²) in [5, 5.41) is 0.0137. The van der Waals surface area contributed by atoms with Gasteiger partial charge in [0.05, 0.1) is 10.9 Å². The van der Waals surface area contributed by atoms with Crippen molar-refractivity contribution >= 4 is 45.9 Å². The average molecular weight is 521 g/mol. The molecule has 0 atom stereocenters. The second-order valence-corrected chi connectivity index (χ2v) is 10.1. The van der Waals surface area contributed by atoms with Crippen LogP contribution in [0.4, 0.5) is 0 Å². The lowest BCUT2D eigenvalue weighted by molar-refractivity contribution is -0.134. The highest BCUT2D eigenvalue weighted by atomic mass is 16.6. The number of ether oxygens (including phenoxy) is 4. The highest BCUT2D eigenvalue weighted by Gasteiger charge is 2.37. The molecule has 3 aromatic rings. The Morgan fingerprint density at radius 2 is 1.55 bits per heavy atom. The van der Waals surface area contributed by atoms with Gasteiger partial charge in [-0.3, -0.25) is 19.2 Å². The van der Waals surface area contributed by atoms with Gasteiger partial charge in [0.25, 0.3) is 0 Å². The summed E-state index contributed by atoms with van der Waals surface area (Å²) in [6.45, 7) is 15.0. The van der Waals surface area contributed by atoms with Crippen LogP contribution < -0.4 is 24.4 Å². The van der Waals surface area contributed by atoms with E-state index in [-0.39, 0.29) is 39.2 Å². The van der Waals surface area contributed by atoms with Gasteiger partial charge in [0.2, 0.25) is 11.2 Å². The maximum Gasteiger partial charge on any atom is 0.308 e. The first-order valence-corrected chi connectivity index (χ1v) is 11.9. The molecule has 0 N–H and O–H groups in total. The Hall–Kier alpha value is -4.40. The molecule has 2 heterocycles. The smallest absolute Gasteiger partial charge is 0.308 e. The van der Waals surface area contributed by atoms with Gasteiger partial charge in [-0.25, -0.2) is 0 Å². The number of hydrogen-bond donors (Lipinski definition) is 0. The molecule has 9 nitrogen and oxygen atoms in total. The Labute approximate surface area is 218 Å². The minimum Gasteiger partial charge on any atom is -0.483 e. The fourth-order valence-electron chi connectivity index (χ4n) is 4.32.